The van der Waals surface area contributed by atoms with Crippen LogP contribution in [0.15, 0.2) is 12.1 Å². The second-order valence-electron chi connectivity index (χ2n) is 4.43. The highest BCUT2D eigenvalue weighted by Crippen LogP contribution is 2.13. The molecular weight excluding hydrogens is 216 g/mol. The molecule has 0 saturated heterocycles. The highest BCUT2D eigenvalue weighted by atomic mass is 16.5. The van der Waals surface area contributed by atoms with Crippen molar-refractivity contribution in [1.82, 2.24) is 20.3 Å². The lowest BCUT2D eigenvalue weighted by molar-refractivity contribution is 0.399. The zero-order valence-corrected chi connectivity index (χ0v) is 10.4. The number of methoxy groups -OCH3 is 1. The highest BCUT2D eigenvalue weighted by molar-refractivity contribution is 5.71. The summed E-state index contributed by atoms with van der Waals surface area (Å²) in [7, 11) is 1.60. The first kappa shape index (κ1) is 11.9. The quantitative estimate of drug-likeness (QED) is 0.826. The summed E-state index contributed by atoms with van der Waals surface area (Å²) < 4.78 is 5.06. The van der Waals surface area contributed by atoms with Gasteiger partial charge < -0.3 is 15.0 Å². The zero-order valence-electron chi connectivity index (χ0n) is 10.4. The van der Waals surface area contributed by atoms with Crippen molar-refractivity contribution in [1.29, 1.82) is 0 Å². The molecule has 2 heterocycles. The number of pyridine rings is 1. The molecule has 0 amide bonds. The van der Waals surface area contributed by atoms with Crippen molar-refractivity contribution in [3.63, 3.8) is 0 Å². The van der Waals surface area contributed by atoms with E-state index in [-0.39, 0.29) is 0 Å². The van der Waals surface area contributed by atoms with Crippen LogP contribution in [0.3, 0.4) is 0 Å². The minimum Gasteiger partial charge on any atom is -0.481 e. The van der Waals surface area contributed by atoms with Crippen molar-refractivity contribution in [2.45, 2.75) is 20.4 Å². The van der Waals surface area contributed by atoms with Crippen molar-refractivity contribution in [3.8, 4) is 5.88 Å². The summed E-state index contributed by atoms with van der Waals surface area (Å²) in [4.78, 5) is 11.9. The number of rotatable bonds is 5. The van der Waals surface area contributed by atoms with Crippen LogP contribution < -0.4 is 10.1 Å². The van der Waals surface area contributed by atoms with Crippen LogP contribution in [0.2, 0.25) is 0 Å². The van der Waals surface area contributed by atoms with Crippen molar-refractivity contribution in [2.24, 2.45) is 5.92 Å². The van der Waals surface area contributed by atoms with Crippen molar-refractivity contribution >= 4 is 11.2 Å². The monoisotopic (exact) mass is 234 g/mol. The minimum atomic E-state index is 0.589. The summed E-state index contributed by atoms with van der Waals surface area (Å²) >= 11 is 0. The van der Waals surface area contributed by atoms with Crippen molar-refractivity contribution < 1.29 is 4.74 Å². The molecule has 0 unspecified atom stereocenters. The second kappa shape index (κ2) is 5.14. The molecule has 17 heavy (non-hydrogen) atoms. The van der Waals surface area contributed by atoms with Gasteiger partial charge in [-0.15, -0.1) is 0 Å². The molecule has 5 heteroatoms. The van der Waals surface area contributed by atoms with E-state index in [1.807, 2.05) is 12.1 Å². The predicted molar refractivity (Wildman–Crippen MR) is 67.0 cm³/mol. The number of ether oxygens (including phenoxy) is 1. The molecule has 0 aliphatic heterocycles. The first-order valence-electron chi connectivity index (χ1n) is 5.79. The van der Waals surface area contributed by atoms with Gasteiger partial charge in [-0.05, 0) is 18.5 Å². The van der Waals surface area contributed by atoms with E-state index in [2.05, 4.69) is 34.1 Å². The summed E-state index contributed by atoms with van der Waals surface area (Å²) in [6.45, 7) is 6.07. The van der Waals surface area contributed by atoms with Gasteiger partial charge in [-0.25, -0.2) is 4.98 Å². The molecule has 0 radical (unpaired) electrons. The summed E-state index contributed by atoms with van der Waals surface area (Å²) in [6.07, 6.45) is 0. The van der Waals surface area contributed by atoms with Crippen LogP contribution in [0.5, 0.6) is 5.88 Å². The molecule has 2 N–H and O–H groups in total. The summed E-state index contributed by atoms with van der Waals surface area (Å²) in [5.74, 6) is 2.13. The fourth-order valence-corrected chi connectivity index (χ4v) is 1.60. The summed E-state index contributed by atoms with van der Waals surface area (Å²) in [6, 6.07) is 3.76. The van der Waals surface area contributed by atoms with E-state index in [1.54, 1.807) is 7.11 Å². The lowest BCUT2D eigenvalue weighted by Crippen LogP contribution is -2.19. The van der Waals surface area contributed by atoms with Gasteiger partial charge >= 0.3 is 0 Å². The van der Waals surface area contributed by atoms with Gasteiger partial charge in [-0.2, -0.15) is 4.98 Å². The Morgan fingerprint density at radius 3 is 2.88 bits per heavy atom. The van der Waals surface area contributed by atoms with E-state index >= 15 is 0 Å². The van der Waals surface area contributed by atoms with Crippen LogP contribution in [-0.2, 0) is 6.54 Å². The number of H-pyrrole nitrogens is 1. The molecule has 0 saturated carbocycles. The van der Waals surface area contributed by atoms with E-state index in [4.69, 9.17) is 4.74 Å². The number of fused-ring (bicyclic) bond motifs is 1. The van der Waals surface area contributed by atoms with E-state index in [0.29, 0.717) is 17.4 Å². The number of nitrogens with one attached hydrogen (secondary N) is 2. The molecule has 5 nitrogen and oxygen atoms in total. The highest BCUT2D eigenvalue weighted by Gasteiger charge is 2.05. The Morgan fingerprint density at radius 1 is 1.35 bits per heavy atom. The molecule has 92 valence electrons. The van der Waals surface area contributed by atoms with Gasteiger partial charge in [0.05, 0.1) is 19.2 Å². The number of aromatic amines is 1. The Hall–Kier alpha value is -1.62. The maximum absolute atomic E-state index is 5.06. The molecule has 2 aromatic heterocycles. The first-order chi connectivity index (χ1) is 8.19. The lowest BCUT2D eigenvalue weighted by Gasteiger charge is -2.04. The van der Waals surface area contributed by atoms with Crippen LogP contribution in [0, 0.1) is 5.92 Å². The van der Waals surface area contributed by atoms with Gasteiger partial charge in [-0.3, -0.25) is 0 Å². The third-order valence-electron chi connectivity index (χ3n) is 2.42. The van der Waals surface area contributed by atoms with Crippen molar-refractivity contribution in [3.05, 3.63) is 18.0 Å². The van der Waals surface area contributed by atoms with Crippen molar-refractivity contribution in [2.75, 3.05) is 13.7 Å². The number of hydrogen-bond acceptors (Lipinski definition) is 4. The number of nitrogens with zero attached hydrogens (tertiary/aromatic N) is 2. The topological polar surface area (TPSA) is 62.8 Å². The SMILES string of the molecule is COc1ccc2[nH]c(CNCC(C)C)nc2n1. The average Bonchev–Trinajstić information content (AvgIpc) is 2.69. The first-order valence-corrected chi connectivity index (χ1v) is 5.79. The maximum atomic E-state index is 5.06. The molecule has 0 aliphatic carbocycles. The average molecular weight is 234 g/mol. The zero-order chi connectivity index (χ0) is 12.3. The number of imidazole rings is 1. The normalized spacial score (nSPS) is 11.3. The Morgan fingerprint density at radius 2 is 2.18 bits per heavy atom. The number of aromatic nitrogens is 3. The van der Waals surface area contributed by atoms with Crippen LogP contribution in [0.1, 0.15) is 19.7 Å². The molecule has 0 aromatic carbocycles. The third-order valence-corrected chi connectivity index (χ3v) is 2.42. The second-order valence-corrected chi connectivity index (χ2v) is 4.43. The Balaban J connectivity index is 2.09. The van der Waals surface area contributed by atoms with Crippen LogP contribution in [0.4, 0.5) is 0 Å². The third kappa shape index (κ3) is 2.94. The maximum Gasteiger partial charge on any atom is 0.215 e. The molecule has 0 spiro atoms. The molecule has 0 bridgehead atoms. The van der Waals surface area contributed by atoms with E-state index in [9.17, 15) is 0 Å². The lowest BCUT2D eigenvalue weighted by atomic mass is 10.2. The molecule has 2 rings (SSSR count). The van der Waals surface area contributed by atoms with Gasteiger partial charge in [0.2, 0.25) is 5.88 Å². The largest absolute Gasteiger partial charge is 0.481 e. The van der Waals surface area contributed by atoms with E-state index in [1.165, 1.54) is 0 Å². The standard InChI is InChI=1S/C12H18N4O/c1-8(2)6-13-7-10-14-9-4-5-11(17-3)16-12(9)15-10/h4-5,8,13H,6-7H2,1-3H3,(H,14,15,16). The predicted octanol–water partition coefficient (Wildman–Crippen LogP) is 1.71. The molecule has 0 fully saturated rings. The summed E-state index contributed by atoms with van der Waals surface area (Å²) in [5, 5.41) is 3.34. The molecule has 2 aromatic rings. The van der Waals surface area contributed by atoms with Crippen LogP contribution >= 0.6 is 0 Å². The van der Waals surface area contributed by atoms with Gasteiger partial charge in [0.25, 0.3) is 0 Å². The van der Waals surface area contributed by atoms with Crippen LogP contribution in [-0.4, -0.2) is 28.6 Å². The van der Waals surface area contributed by atoms with Crippen LogP contribution in [0.25, 0.3) is 11.2 Å². The van der Waals surface area contributed by atoms with Gasteiger partial charge in [0, 0.05) is 6.07 Å². The summed E-state index contributed by atoms with van der Waals surface area (Å²) in [5.41, 5.74) is 1.64. The van der Waals surface area contributed by atoms with E-state index in [0.717, 1.165) is 24.4 Å². The fourth-order valence-electron chi connectivity index (χ4n) is 1.60. The molecule has 0 atom stereocenters. The van der Waals surface area contributed by atoms with Gasteiger partial charge in [0.15, 0.2) is 5.65 Å². The van der Waals surface area contributed by atoms with Gasteiger partial charge in [-0.1, -0.05) is 13.8 Å². The van der Waals surface area contributed by atoms with Gasteiger partial charge in [0.1, 0.15) is 5.82 Å². The Kier molecular flexibility index (Phi) is 3.58. The fraction of sp³-hybridized carbons (Fsp3) is 0.500. The Bertz CT molecular complexity index is 492. The Labute approximate surface area is 101 Å². The molecular formula is C12H18N4O. The van der Waals surface area contributed by atoms with E-state index < -0.39 is 0 Å². The minimum absolute atomic E-state index is 0.589. The molecule has 0 aliphatic rings. The number of hydrogen-bond donors (Lipinski definition) is 2. The smallest absolute Gasteiger partial charge is 0.215 e.